The van der Waals surface area contributed by atoms with Gasteiger partial charge in [0.1, 0.15) is 5.75 Å². The third-order valence-corrected chi connectivity index (χ3v) is 5.75. The van der Waals surface area contributed by atoms with Crippen LogP contribution in [-0.2, 0) is 14.6 Å². The average Bonchev–Trinajstić information content (AvgIpc) is 2.55. The Morgan fingerprint density at radius 2 is 1.88 bits per heavy atom. The lowest BCUT2D eigenvalue weighted by Crippen LogP contribution is -2.18. The van der Waals surface area contributed by atoms with E-state index >= 15 is 0 Å². The molecule has 0 saturated carbocycles. The molecule has 0 radical (unpaired) electrons. The molecule has 0 unspecified atom stereocenters. The van der Waals surface area contributed by atoms with Gasteiger partial charge in [0.15, 0.2) is 9.84 Å². The number of rotatable bonds is 6. The number of hydrogen-bond acceptors (Lipinski definition) is 4. The van der Waals surface area contributed by atoms with Gasteiger partial charge in [-0.1, -0.05) is 29.3 Å². The maximum Gasteiger partial charge on any atom is 0.225 e. The molecule has 134 valence electrons. The van der Waals surface area contributed by atoms with Crippen molar-refractivity contribution >= 4 is 33.0 Å². The minimum atomic E-state index is -3.61. The van der Waals surface area contributed by atoms with Crippen LogP contribution in [0.1, 0.15) is 17.5 Å². The van der Waals surface area contributed by atoms with Crippen molar-refractivity contribution in [1.82, 2.24) is 0 Å². The van der Waals surface area contributed by atoms with Gasteiger partial charge in [0, 0.05) is 12.1 Å². The Hall–Kier alpha value is -2.05. The molecule has 0 atom stereocenters. The van der Waals surface area contributed by atoms with Crippen molar-refractivity contribution in [2.75, 3.05) is 18.2 Å². The molecule has 0 saturated heterocycles. The summed E-state index contributed by atoms with van der Waals surface area (Å²) < 4.78 is 29.8. The van der Waals surface area contributed by atoms with Crippen LogP contribution in [-0.4, -0.2) is 27.2 Å². The van der Waals surface area contributed by atoms with Gasteiger partial charge < -0.3 is 10.1 Å². The zero-order valence-corrected chi connectivity index (χ0v) is 15.9. The summed E-state index contributed by atoms with van der Waals surface area (Å²) in [6, 6.07) is 9.88. The number of carbonyl (C=O) groups excluding carboxylic acids is 1. The van der Waals surface area contributed by atoms with Gasteiger partial charge in [-0.25, -0.2) is 8.42 Å². The molecular weight excluding hydrogens is 362 g/mol. The van der Waals surface area contributed by atoms with Crippen molar-refractivity contribution < 1.29 is 17.9 Å². The second kappa shape index (κ2) is 7.89. The Morgan fingerprint density at radius 1 is 1.16 bits per heavy atom. The fourth-order valence-corrected chi connectivity index (χ4v) is 3.94. The summed E-state index contributed by atoms with van der Waals surface area (Å²) in [4.78, 5) is 12.1. The van der Waals surface area contributed by atoms with Crippen LogP contribution in [0, 0.1) is 13.8 Å². The average molecular weight is 382 g/mol. The molecule has 2 rings (SSSR count). The van der Waals surface area contributed by atoms with Crippen LogP contribution >= 0.6 is 11.6 Å². The van der Waals surface area contributed by atoms with Gasteiger partial charge >= 0.3 is 0 Å². The van der Waals surface area contributed by atoms with Crippen LogP contribution in [0.25, 0.3) is 0 Å². The van der Waals surface area contributed by atoms with Crippen LogP contribution in [0.3, 0.4) is 0 Å². The second-order valence-electron chi connectivity index (χ2n) is 5.73. The summed E-state index contributed by atoms with van der Waals surface area (Å²) >= 11 is 5.97. The molecule has 0 spiro atoms. The van der Waals surface area contributed by atoms with Gasteiger partial charge in [-0.15, -0.1) is 0 Å². The van der Waals surface area contributed by atoms with Crippen LogP contribution in [0.4, 0.5) is 5.69 Å². The minimum Gasteiger partial charge on any atom is -0.495 e. The highest BCUT2D eigenvalue weighted by atomic mass is 35.5. The molecule has 7 heteroatoms. The van der Waals surface area contributed by atoms with Crippen LogP contribution in [0.15, 0.2) is 41.3 Å². The third kappa shape index (κ3) is 4.96. The molecule has 0 aliphatic carbocycles. The number of benzene rings is 2. The van der Waals surface area contributed by atoms with Gasteiger partial charge in [-0.05, 0) is 43.7 Å². The van der Waals surface area contributed by atoms with Crippen molar-refractivity contribution in [3.8, 4) is 5.75 Å². The first-order valence-corrected chi connectivity index (χ1v) is 9.69. The number of amides is 1. The van der Waals surface area contributed by atoms with Crippen molar-refractivity contribution in [3.63, 3.8) is 0 Å². The fraction of sp³-hybridized carbons (Fsp3) is 0.278. The van der Waals surface area contributed by atoms with Gasteiger partial charge in [-0.2, -0.15) is 0 Å². The minimum absolute atomic E-state index is 0.0672. The summed E-state index contributed by atoms with van der Waals surface area (Å²) in [5.74, 6) is -0.254. The van der Waals surface area contributed by atoms with Gasteiger partial charge in [0.2, 0.25) is 5.91 Å². The van der Waals surface area contributed by atoms with Crippen LogP contribution in [0.5, 0.6) is 5.75 Å². The number of ether oxygens (including phenoxy) is 1. The largest absolute Gasteiger partial charge is 0.495 e. The predicted octanol–water partition coefficient (Wildman–Crippen LogP) is 3.77. The fourth-order valence-electron chi connectivity index (χ4n) is 2.35. The van der Waals surface area contributed by atoms with E-state index in [0.717, 1.165) is 11.1 Å². The maximum absolute atomic E-state index is 12.4. The quantitative estimate of drug-likeness (QED) is 0.826. The van der Waals surface area contributed by atoms with E-state index in [4.69, 9.17) is 16.3 Å². The van der Waals surface area contributed by atoms with Crippen LogP contribution < -0.4 is 10.1 Å². The zero-order chi connectivity index (χ0) is 18.6. The molecule has 0 fully saturated rings. The topological polar surface area (TPSA) is 72.5 Å². The lowest BCUT2D eigenvalue weighted by Gasteiger charge is -2.10. The maximum atomic E-state index is 12.4. The molecule has 1 amide bonds. The lowest BCUT2D eigenvalue weighted by atomic mass is 10.1. The van der Waals surface area contributed by atoms with E-state index in [1.807, 2.05) is 26.0 Å². The normalized spacial score (nSPS) is 11.2. The van der Waals surface area contributed by atoms with Gasteiger partial charge in [0.05, 0.1) is 22.8 Å². The van der Waals surface area contributed by atoms with Crippen molar-refractivity contribution in [1.29, 1.82) is 0 Å². The zero-order valence-electron chi connectivity index (χ0n) is 14.3. The number of anilines is 1. The molecule has 2 aromatic rings. The van der Waals surface area contributed by atoms with Crippen molar-refractivity contribution in [2.45, 2.75) is 25.2 Å². The monoisotopic (exact) mass is 381 g/mol. The summed E-state index contributed by atoms with van der Waals surface area (Å²) in [6.45, 7) is 3.85. The van der Waals surface area contributed by atoms with Gasteiger partial charge in [0.25, 0.3) is 0 Å². The summed E-state index contributed by atoms with van der Waals surface area (Å²) in [7, 11) is -2.16. The Morgan fingerprint density at radius 3 is 2.48 bits per heavy atom. The smallest absolute Gasteiger partial charge is 0.225 e. The number of carbonyl (C=O) groups is 1. The predicted molar refractivity (Wildman–Crippen MR) is 99.2 cm³/mol. The Kier molecular flexibility index (Phi) is 6.08. The van der Waals surface area contributed by atoms with Crippen molar-refractivity contribution in [3.05, 3.63) is 52.5 Å². The molecule has 5 nitrogen and oxygen atoms in total. The number of halogens is 1. The van der Waals surface area contributed by atoms with E-state index in [-0.39, 0.29) is 28.0 Å². The van der Waals surface area contributed by atoms with Crippen molar-refractivity contribution in [2.24, 2.45) is 0 Å². The lowest BCUT2D eigenvalue weighted by molar-refractivity contribution is -0.115. The molecule has 2 aromatic carbocycles. The molecule has 0 bridgehead atoms. The molecule has 1 N–H and O–H groups in total. The van der Waals surface area contributed by atoms with E-state index < -0.39 is 9.84 Å². The van der Waals surface area contributed by atoms with Crippen LogP contribution in [0.2, 0.25) is 5.02 Å². The van der Waals surface area contributed by atoms with E-state index in [1.54, 1.807) is 6.07 Å². The highest BCUT2D eigenvalue weighted by Gasteiger charge is 2.18. The summed E-state index contributed by atoms with van der Waals surface area (Å²) in [5, 5.41) is 2.95. The first-order valence-electron chi connectivity index (χ1n) is 7.66. The number of nitrogens with one attached hydrogen (secondary N) is 1. The molecule has 25 heavy (non-hydrogen) atoms. The molecule has 0 heterocycles. The second-order valence-corrected chi connectivity index (χ2v) is 8.25. The Bertz CT molecular complexity index is 894. The number of hydrogen-bond donors (Lipinski definition) is 1. The molecular formula is C18H20ClNO4S. The molecule has 0 aliphatic rings. The standard InChI is InChI=1S/C18H20ClNO4S/c1-12-4-6-16(13(2)10-12)20-18(21)8-9-25(22,23)14-5-7-17(24-3)15(19)11-14/h4-7,10-11H,8-9H2,1-3H3,(H,20,21). The first-order chi connectivity index (χ1) is 11.7. The molecule has 0 aromatic heterocycles. The molecule has 0 aliphatic heterocycles. The number of methoxy groups -OCH3 is 1. The number of aryl methyl sites for hydroxylation is 2. The summed E-state index contributed by atoms with van der Waals surface area (Å²) in [5.41, 5.74) is 2.70. The van der Waals surface area contributed by atoms with E-state index in [9.17, 15) is 13.2 Å². The summed E-state index contributed by atoms with van der Waals surface area (Å²) in [6.07, 6.45) is -0.140. The van der Waals surface area contributed by atoms with E-state index in [1.165, 1.54) is 25.3 Å². The Balaban J connectivity index is 2.03. The van der Waals surface area contributed by atoms with E-state index in [0.29, 0.717) is 11.4 Å². The highest BCUT2D eigenvalue weighted by molar-refractivity contribution is 7.91. The Labute approximate surface area is 152 Å². The SMILES string of the molecule is COc1ccc(S(=O)(=O)CCC(=O)Nc2ccc(C)cc2C)cc1Cl. The number of sulfone groups is 1. The first kappa shape index (κ1) is 19.3. The van der Waals surface area contributed by atoms with E-state index in [2.05, 4.69) is 5.32 Å². The third-order valence-electron chi connectivity index (χ3n) is 3.74. The van der Waals surface area contributed by atoms with Gasteiger partial charge in [-0.3, -0.25) is 4.79 Å². The highest BCUT2D eigenvalue weighted by Crippen LogP contribution is 2.27.